The summed E-state index contributed by atoms with van der Waals surface area (Å²) in [4.78, 5) is 0. The van der Waals surface area contributed by atoms with E-state index in [0.717, 1.165) is 0 Å². The summed E-state index contributed by atoms with van der Waals surface area (Å²) in [5, 5.41) is 7.84. The third-order valence-electron chi connectivity index (χ3n) is 10.2. The van der Waals surface area contributed by atoms with Crippen LogP contribution in [-0.2, 0) is 5.41 Å². The molecule has 43 heavy (non-hydrogen) atoms. The van der Waals surface area contributed by atoms with Crippen LogP contribution in [0.3, 0.4) is 0 Å². The second-order valence-corrected chi connectivity index (χ2v) is 12.9. The largest absolute Gasteiger partial charge is 0.0767 e. The highest BCUT2D eigenvalue weighted by molar-refractivity contribution is 6.20. The summed E-state index contributed by atoms with van der Waals surface area (Å²) in [7, 11) is 0. The molecular formula is C43H32. The topological polar surface area (TPSA) is 0 Å². The van der Waals surface area contributed by atoms with E-state index in [1.165, 1.54) is 76.8 Å². The fraction of sp³-hybridized carbons (Fsp3) is 0.116. The molecule has 9 rings (SSSR count). The van der Waals surface area contributed by atoms with Gasteiger partial charge in [0, 0.05) is 17.3 Å². The zero-order valence-electron chi connectivity index (χ0n) is 24.5. The quantitative estimate of drug-likeness (QED) is 0.189. The predicted molar refractivity (Wildman–Crippen MR) is 184 cm³/mol. The first kappa shape index (κ1) is 24.6. The molecule has 0 nitrogen and oxygen atoms in total. The van der Waals surface area contributed by atoms with E-state index in [9.17, 15) is 0 Å². The monoisotopic (exact) mass is 548 g/mol. The summed E-state index contributed by atoms with van der Waals surface area (Å²) in [6.45, 7) is 4.78. The van der Waals surface area contributed by atoms with Crippen molar-refractivity contribution in [1.29, 1.82) is 0 Å². The Morgan fingerprint density at radius 3 is 1.93 bits per heavy atom. The van der Waals surface area contributed by atoms with Gasteiger partial charge in [-0.1, -0.05) is 141 Å². The summed E-state index contributed by atoms with van der Waals surface area (Å²) in [5.41, 5.74) is 10.7. The smallest absolute Gasteiger partial charge is 0.0159 e. The Labute approximate surface area is 253 Å². The molecule has 0 fully saturated rings. The number of hydrogen-bond donors (Lipinski definition) is 0. The van der Waals surface area contributed by atoms with Crippen molar-refractivity contribution in [2.45, 2.75) is 19.3 Å². The van der Waals surface area contributed by atoms with Crippen molar-refractivity contribution >= 4 is 37.9 Å². The minimum atomic E-state index is -0.0780. The molecule has 6 aromatic carbocycles. The van der Waals surface area contributed by atoms with E-state index in [1.54, 1.807) is 0 Å². The van der Waals surface area contributed by atoms with Crippen LogP contribution in [0.4, 0.5) is 0 Å². The average molecular weight is 549 g/mol. The molecule has 0 N–H and O–H groups in total. The molecule has 2 unspecified atom stereocenters. The van der Waals surface area contributed by atoms with Crippen LogP contribution < -0.4 is 0 Å². The van der Waals surface area contributed by atoms with Crippen molar-refractivity contribution in [2.75, 3.05) is 0 Å². The number of benzene rings is 6. The van der Waals surface area contributed by atoms with Crippen LogP contribution >= 0.6 is 0 Å². The van der Waals surface area contributed by atoms with Gasteiger partial charge in [0.1, 0.15) is 0 Å². The molecular weight excluding hydrogens is 516 g/mol. The molecule has 3 aliphatic rings. The van der Waals surface area contributed by atoms with Crippen LogP contribution in [0.2, 0.25) is 0 Å². The molecule has 0 heterocycles. The Bertz CT molecular complexity index is 2260. The third-order valence-corrected chi connectivity index (χ3v) is 10.2. The van der Waals surface area contributed by atoms with Crippen molar-refractivity contribution in [1.82, 2.24) is 0 Å². The van der Waals surface area contributed by atoms with Crippen LogP contribution in [0, 0.1) is 11.8 Å². The fourth-order valence-electron chi connectivity index (χ4n) is 7.77. The molecule has 0 heteroatoms. The third kappa shape index (κ3) is 3.69. The molecule has 0 aliphatic heterocycles. The van der Waals surface area contributed by atoms with E-state index in [4.69, 9.17) is 0 Å². The Morgan fingerprint density at radius 1 is 0.512 bits per heavy atom. The summed E-state index contributed by atoms with van der Waals surface area (Å²) >= 11 is 0. The highest BCUT2D eigenvalue weighted by atomic mass is 14.4. The number of rotatable bonds is 2. The van der Waals surface area contributed by atoms with Gasteiger partial charge in [-0.15, -0.1) is 0 Å². The molecule has 2 atom stereocenters. The SMILES string of the molecule is CC1(C)c2cc(C3=CC4C=CC=CC4C=C3)ccc2-c2ccc(-c3ccc4ccc5ccc6ccccc6c5c4c3)cc21. The highest BCUT2D eigenvalue weighted by Crippen LogP contribution is 2.51. The van der Waals surface area contributed by atoms with Gasteiger partial charge in [-0.25, -0.2) is 0 Å². The minimum absolute atomic E-state index is 0.0780. The first-order chi connectivity index (χ1) is 21.0. The van der Waals surface area contributed by atoms with Gasteiger partial charge >= 0.3 is 0 Å². The van der Waals surface area contributed by atoms with Crippen molar-refractivity contribution in [3.63, 3.8) is 0 Å². The van der Waals surface area contributed by atoms with Crippen molar-refractivity contribution in [2.24, 2.45) is 11.8 Å². The maximum Gasteiger partial charge on any atom is 0.0159 e. The molecule has 204 valence electrons. The predicted octanol–water partition coefficient (Wildman–Crippen LogP) is 11.4. The van der Waals surface area contributed by atoms with Gasteiger partial charge in [-0.05, 0) is 95.0 Å². The van der Waals surface area contributed by atoms with Gasteiger partial charge in [0.15, 0.2) is 0 Å². The van der Waals surface area contributed by atoms with Gasteiger partial charge in [-0.2, -0.15) is 0 Å². The standard InChI is InChI=1S/C43H32/c1-43(2)40-25-34(32-17-11-27-7-3-4-9-31(27)23-32)19-21-37(40)38-22-20-35(26-41(38)43)33-18-14-29-13-16-30-15-12-28-8-5-6-10-36(28)42(30)39(29)24-33/h3-27,31H,1-2H3. The molecule has 0 spiro atoms. The Balaban J connectivity index is 1.14. The van der Waals surface area contributed by atoms with Crippen LogP contribution in [0.1, 0.15) is 30.5 Å². The van der Waals surface area contributed by atoms with Crippen molar-refractivity contribution in [3.05, 3.63) is 162 Å². The minimum Gasteiger partial charge on any atom is -0.0767 e. The van der Waals surface area contributed by atoms with E-state index in [2.05, 4.69) is 160 Å². The van der Waals surface area contributed by atoms with Gasteiger partial charge in [0.05, 0.1) is 0 Å². The Hall–Kier alpha value is -4.94. The first-order valence-electron chi connectivity index (χ1n) is 15.4. The summed E-state index contributed by atoms with van der Waals surface area (Å²) in [6.07, 6.45) is 16.1. The number of fused-ring (bicyclic) bond motifs is 9. The summed E-state index contributed by atoms with van der Waals surface area (Å²) < 4.78 is 0. The number of allylic oxidation sites excluding steroid dienone is 8. The van der Waals surface area contributed by atoms with Gasteiger partial charge in [0.25, 0.3) is 0 Å². The highest BCUT2D eigenvalue weighted by Gasteiger charge is 2.36. The van der Waals surface area contributed by atoms with Crippen molar-refractivity contribution < 1.29 is 0 Å². The Kier molecular flexibility index (Phi) is 5.17. The second kappa shape index (κ2) is 9.03. The van der Waals surface area contributed by atoms with Crippen LogP contribution in [0.5, 0.6) is 0 Å². The van der Waals surface area contributed by atoms with Crippen LogP contribution in [-0.4, -0.2) is 0 Å². The van der Waals surface area contributed by atoms with E-state index in [1.807, 2.05) is 0 Å². The average Bonchev–Trinajstić information content (AvgIpc) is 3.29. The lowest BCUT2D eigenvalue weighted by Gasteiger charge is -2.25. The lowest BCUT2D eigenvalue weighted by atomic mass is 9.79. The van der Waals surface area contributed by atoms with E-state index in [0.29, 0.717) is 11.8 Å². The second-order valence-electron chi connectivity index (χ2n) is 12.9. The Morgan fingerprint density at radius 2 is 1.12 bits per heavy atom. The van der Waals surface area contributed by atoms with Crippen molar-refractivity contribution in [3.8, 4) is 22.3 Å². The maximum atomic E-state index is 2.45. The molecule has 6 aromatic rings. The lowest BCUT2D eigenvalue weighted by Crippen LogP contribution is -2.15. The van der Waals surface area contributed by atoms with Crippen LogP contribution in [0.15, 0.2) is 146 Å². The zero-order chi connectivity index (χ0) is 28.7. The molecule has 0 saturated heterocycles. The summed E-state index contributed by atoms with van der Waals surface area (Å²) in [6, 6.07) is 39.0. The van der Waals surface area contributed by atoms with E-state index >= 15 is 0 Å². The summed E-state index contributed by atoms with van der Waals surface area (Å²) in [5.74, 6) is 0.928. The van der Waals surface area contributed by atoms with Gasteiger partial charge in [0.2, 0.25) is 0 Å². The van der Waals surface area contributed by atoms with Gasteiger partial charge < -0.3 is 0 Å². The zero-order valence-corrected chi connectivity index (χ0v) is 24.5. The van der Waals surface area contributed by atoms with Gasteiger partial charge in [-0.3, -0.25) is 0 Å². The molecule has 0 radical (unpaired) electrons. The normalized spacial score (nSPS) is 19.4. The molecule has 3 aliphatic carbocycles. The molecule has 0 amide bonds. The van der Waals surface area contributed by atoms with E-state index in [-0.39, 0.29) is 5.41 Å². The van der Waals surface area contributed by atoms with E-state index < -0.39 is 0 Å². The fourth-order valence-corrected chi connectivity index (χ4v) is 7.77. The number of hydrogen-bond acceptors (Lipinski definition) is 0. The molecule has 0 saturated carbocycles. The lowest BCUT2D eigenvalue weighted by molar-refractivity contribution is 0.659. The first-order valence-corrected chi connectivity index (χ1v) is 15.4. The molecule has 0 aromatic heterocycles. The van der Waals surface area contributed by atoms with Crippen LogP contribution in [0.25, 0.3) is 60.1 Å². The maximum absolute atomic E-state index is 2.45. The molecule has 0 bridgehead atoms.